The molecule has 2 rings (SSSR count). The van der Waals surface area contributed by atoms with Crippen LogP contribution in [0.15, 0.2) is 30.3 Å². The maximum atomic E-state index is 5.08. The molecule has 16 heavy (non-hydrogen) atoms. The van der Waals surface area contributed by atoms with E-state index >= 15 is 0 Å². The van der Waals surface area contributed by atoms with Crippen molar-refractivity contribution >= 4 is 30.9 Å². The minimum atomic E-state index is -0.150. The van der Waals surface area contributed by atoms with Gasteiger partial charge in [0.1, 0.15) is 0 Å². The fourth-order valence-electron chi connectivity index (χ4n) is 1.83. The summed E-state index contributed by atoms with van der Waals surface area (Å²) in [5.41, 5.74) is 1.29. The van der Waals surface area contributed by atoms with Gasteiger partial charge in [0.25, 0.3) is 0 Å². The molecular weight excluding hydrogens is 421 g/mol. The van der Waals surface area contributed by atoms with E-state index in [1.54, 1.807) is 0 Å². The van der Waals surface area contributed by atoms with Crippen molar-refractivity contribution in [1.82, 2.24) is 4.90 Å². The van der Waals surface area contributed by atoms with Crippen molar-refractivity contribution in [2.45, 2.75) is 4.71 Å². The van der Waals surface area contributed by atoms with Crippen molar-refractivity contribution < 1.29 is 22.4 Å². The molecule has 1 aliphatic rings. The quantitative estimate of drug-likeness (QED) is 0.509. The molecule has 0 aromatic heterocycles. The summed E-state index contributed by atoms with van der Waals surface area (Å²) in [5.74, 6) is 0. The van der Waals surface area contributed by atoms with E-state index in [4.69, 9.17) is 25.3 Å². The molecule has 0 unspecified atom stereocenters. The fourth-order valence-corrected chi connectivity index (χ4v) is 2.25. The molecule has 1 heterocycles. The number of nitrogens with zero attached hydrogens (tertiary/aromatic N) is 2. The van der Waals surface area contributed by atoms with Crippen LogP contribution in [0, 0.1) is 0 Å². The summed E-state index contributed by atoms with van der Waals surface area (Å²) in [4.78, 5) is 4.55. The maximum Gasteiger partial charge on any atom is 0.0367 e. The Kier molecular flexibility index (Phi) is 6.33. The predicted molar refractivity (Wildman–Crippen MR) is 68.7 cm³/mol. The molecule has 1 aromatic carbocycles. The van der Waals surface area contributed by atoms with Crippen LogP contribution < -0.4 is 4.90 Å². The second kappa shape index (κ2) is 6.99. The Morgan fingerprint density at radius 2 is 1.50 bits per heavy atom. The van der Waals surface area contributed by atoms with E-state index in [0.717, 1.165) is 26.2 Å². The van der Waals surface area contributed by atoms with E-state index in [1.165, 1.54) is 5.69 Å². The number of benzene rings is 1. The third kappa shape index (κ3) is 3.72. The Bertz CT molecular complexity index is 300. The molecule has 5 heteroatoms. The molecule has 0 atom stereocenters. The predicted octanol–water partition coefficient (Wildman–Crippen LogP) is 1.18. The Labute approximate surface area is 124 Å². The molecule has 1 radical (unpaired) electrons. The first-order chi connectivity index (χ1) is 7.27. The van der Waals surface area contributed by atoms with Crippen LogP contribution in [0.2, 0.25) is 0 Å². The molecule has 1 fully saturated rings. The number of rotatable bonds is 2. The molecule has 1 aliphatic heterocycles. The van der Waals surface area contributed by atoms with Gasteiger partial charge in [-0.2, -0.15) is 0 Å². The summed E-state index contributed by atoms with van der Waals surface area (Å²) < 4.78 is -0.150. The Morgan fingerprint density at radius 3 is 2.00 bits per heavy atom. The molecular formula is C11H14AuN2S2-2. The van der Waals surface area contributed by atoms with Gasteiger partial charge in [-0.05, 0) is 12.1 Å². The molecule has 0 bridgehead atoms. The maximum absolute atomic E-state index is 5.08. The minimum absolute atomic E-state index is 0. The van der Waals surface area contributed by atoms with Crippen LogP contribution >= 0.6 is 0 Å². The van der Waals surface area contributed by atoms with Gasteiger partial charge in [0.15, 0.2) is 0 Å². The molecule has 0 amide bonds. The number of piperazine rings is 1. The summed E-state index contributed by atoms with van der Waals surface area (Å²) in [5, 5.41) is 0. The molecule has 1 saturated heterocycles. The van der Waals surface area contributed by atoms with Crippen molar-refractivity contribution in [3.63, 3.8) is 0 Å². The van der Waals surface area contributed by atoms with Crippen LogP contribution in [0.3, 0.4) is 0 Å². The summed E-state index contributed by atoms with van der Waals surface area (Å²) in [6.07, 6.45) is 0. The Morgan fingerprint density at radius 1 is 0.938 bits per heavy atom. The molecule has 0 N–H and O–H groups in total. The second-order valence-electron chi connectivity index (χ2n) is 3.67. The Hall–Kier alpha value is 0.420. The van der Waals surface area contributed by atoms with E-state index in [-0.39, 0.29) is 27.1 Å². The van der Waals surface area contributed by atoms with Crippen molar-refractivity contribution in [3.8, 4) is 0 Å². The van der Waals surface area contributed by atoms with Crippen molar-refractivity contribution in [1.29, 1.82) is 0 Å². The zero-order chi connectivity index (χ0) is 10.7. The van der Waals surface area contributed by atoms with Gasteiger partial charge in [-0.15, -0.1) is 0 Å². The van der Waals surface area contributed by atoms with Gasteiger partial charge >= 0.3 is 0 Å². The number of hydrogen-bond donors (Lipinski definition) is 0. The van der Waals surface area contributed by atoms with Gasteiger partial charge in [0.2, 0.25) is 0 Å². The fraction of sp³-hybridized carbons (Fsp3) is 0.455. The van der Waals surface area contributed by atoms with Gasteiger partial charge < -0.3 is 35.1 Å². The second-order valence-corrected chi connectivity index (χ2v) is 4.86. The molecule has 1 aromatic rings. The van der Waals surface area contributed by atoms with Gasteiger partial charge in [-0.25, -0.2) is 4.71 Å². The van der Waals surface area contributed by atoms with Crippen LogP contribution in [0.4, 0.5) is 5.69 Å². The average Bonchev–Trinajstić information content (AvgIpc) is 2.30. The SMILES string of the molecule is [Au].[S-]C([S-])N1CCN(c2ccccc2)CC1. The third-order valence-electron chi connectivity index (χ3n) is 2.73. The molecule has 0 spiro atoms. The molecule has 2 nitrogen and oxygen atoms in total. The van der Waals surface area contributed by atoms with Crippen LogP contribution in [0.1, 0.15) is 0 Å². The largest absolute Gasteiger partial charge is 0.800 e. The smallest absolute Gasteiger partial charge is 0.0367 e. The van der Waals surface area contributed by atoms with Crippen LogP contribution in [-0.2, 0) is 47.6 Å². The van der Waals surface area contributed by atoms with Gasteiger partial charge in [0, 0.05) is 54.2 Å². The number of anilines is 1. The normalized spacial score (nSPS) is 17.3. The molecule has 93 valence electrons. The Balaban J connectivity index is 0.00000128. The standard InChI is InChI=1S/C11H16N2S2.Au/c14-11(15)13-8-6-12(7-9-13)10-4-2-1-3-5-10;/h1-5,11,14-15H,6-9H2;/p-2. The topological polar surface area (TPSA) is 6.48 Å². The number of para-hydroxylation sites is 1. The number of hydrogen-bond acceptors (Lipinski definition) is 4. The zero-order valence-electron chi connectivity index (χ0n) is 8.80. The van der Waals surface area contributed by atoms with Gasteiger partial charge in [-0.3, -0.25) is 0 Å². The van der Waals surface area contributed by atoms with Gasteiger partial charge in [0.05, 0.1) is 0 Å². The summed E-state index contributed by atoms with van der Waals surface area (Å²) in [6, 6.07) is 10.5. The van der Waals surface area contributed by atoms with Gasteiger partial charge in [-0.1, -0.05) is 18.2 Å². The first-order valence-corrected chi connectivity index (χ1v) is 6.07. The van der Waals surface area contributed by atoms with Crippen LogP contribution in [0.5, 0.6) is 0 Å². The molecule has 0 aliphatic carbocycles. The van der Waals surface area contributed by atoms with Crippen LogP contribution in [0.25, 0.3) is 0 Å². The summed E-state index contributed by atoms with van der Waals surface area (Å²) in [6.45, 7) is 4.00. The van der Waals surface area contributed by atoms with Crippen molar-refractivity contribution in [3.05, 3.63) is 30.3 Å². The molecule has 0 saturated carbocycles. The van der Waals surface area contributed by atoms with E-state index in [2.05, 4.69) is 34.1 Å². The first-order valence-electron chi connectivity index (χ1n) is 5.13. The van der Waals surface area contributed by atoms with E-state index in [1.807, 2.05) is 6.07 Å². The van der Waals surface area contributed by atoms with Crippen molar-refractivity contribution in [2.24, 2.45) is 0 Å². The zero-order valence-corrected chi connectivity index (χ0v) is 12.6. The van der Waals surface area contributed by atoms with E-state index < -0.39 is 0 Å². The monoisotopic (exact) mass is 435 g/mol. The van der Waals surface area contributed by atoms with Crippen LogP contribution in [-0.4, -0.2) is 35.8 Å². The minimum Gasteiger partial charge on any atom is -0.800 e. The third-order valence-corrected chi connectivity index (χ3v) is 3.33. The average molecular weight is 435 g/mol. The van der Waals surface area contributed by atoms with E-state index in [0.29, 0.717) is 0 Å². The summed E-state index contributed by atoms with van der Waals surface area (Å²) in [7, 11) is 0. The van der Waals surface area contributed by atoms with Crippen molar-refractivity contribution in [2.75, 3.05) is 31.1 Å². The first kappa shape index (κ1) is 14.5. The van der Waals surface area contributed by atoms with E-state index in [9.17, 15) is 0 Å². The summed E-state index contributed by atoms with van der Waals surface area (Å²) >= 11 is 10.2.